The van der Waals surface area contributed by atoms with E-state index >= 15 is 0 Å². The highest BCUT2D eigenvalue weighted by Gasteiger charge is 2.42. The van der Waals surface area contributed by atoms with Gasteiger partial charge in [-0.1, -0.05) is 44.2 Å². The Kier molecular flexibility index (Phi) is 6.47. The molecule has 4 rings (SSSR count). The minimum Gasteiger partial charge on any atom is -0.365 e. The number of carbonyl (C=O) groups excluding carboxylic acids is 1. The zero-order valence-corrected chi connectivity index (χ0v) is 18.5. The first-order chi connectivity index (χ1) is 15.2. The fourth-order valence-corrected chi connectivity index (χ4v) is 4.78. The van der Waals surface area contributed by atoms with Crippen molar-refractivity contribution >= 4 is 11.6 Å². The van der Waals surface area contributed by atoms with Crippen LogP contribution in [0.2, 0.25) is 0 Å². The molecule has 0 bridgehead atoms. The molecule has 0 spiro atoms. The number of nitrogens with zero attached hydrogens (tertiary/aromatic N) is 2. The van der Waals surface area contributed by atoms with Gasteiger partial charge in [-0.05, 0) is 41.7 Å². The van der Waals surface area contributed by atoms with Gasteiger partial charge in [-0.2, -0.15) is 13.2 Å². The van der Waals surface area contributed by atoms with Crippen molar-refractivity contribution < 1.29 is 18.0 Å². The van der Waals surface area contributed by atoms with Crippen molar-refractivity contribution in [3.8, 4) is 0 Å². The van der Waals surface area contributed by atoms with Gasteiger partial charge >= 0.3 is 6.18 Å². The molecule has 2 aromatic rings. The molecular formula is C25H30F3N3O. The topological polar surface area (TPSA) is 35.6 Å². The second kappa shape index (κ2) is 9.14. The zero-order valence-electron chi connectivity index (χ0n) is 18.5. The van der Waals surface area contributed by atoms with E-state index in [1.807, 2.05) is 32.0 Å². The third kappa shape index (κ3) is 4.93. The van der Waals surface area contributed by atoms with Gasteiger partial charge in [-0.3, -0.25) is 9.69 Å². The van der Waals surface area contributed by atoms with Crippen LogP contribution in [0.15, 0.2) is 48.5 Å². The summed E-state index contributed by atoms with van der Waals surface area (Å²) in [6, 6.07) is 14.1. The van der Waals surface area contributed by atoms with E-state index in [-0.39, 0.29) is 17.9 Å². The van der Waals surface area contributed by atoms with Gasteiger partial charge in [0.25, 0.3) is 0 Å². The van der Waals surface area contributed by atoms with Crippen molar-refractivity contribution in [2.75, 3.05) is 31.1 Å². The average molecular weight is 446 g/mol. The smallest absolute Gasteiger partial charge is 0.365 e. The lowest BCUT2D eigenvalue weighted by Crippen LogP contribution is -2.61. The molecule has 2 aliphatic rings. The molecule has 0 aliphatic carbocycles. The maximum atomic E-state index is 13.3. The molecule has 1 fully saturated rings. The number of benzene rings is 2. The van der Waals surface area contributed by atoms with Crippen molar-refractivity contribution in [2.45, 2.75) is 39.0 Å². The monoisotopic (exact) mass is 445 g/mol. The van der Waals surface area contributed by atoms with Gasteiger partial charge in [0.2, 0.25) is 5.91 Å². The van der Waals surface area contributed by atoms with Crippen LogP contribution in [0.5, 0.6) is 0 Å². The van der Waals surface area contributed by atoms with Crippen molar-refractivity contribution in [3.05, 3.63) is 65.2 Å². The van der Waals surface area contributed by atoms with Crippen LogP contribution in [0.4, 0.5) is 18.9 Å². The van der Waals surface area contributed by atoms with Crippen LogP contribution >= 0.6 is 0 Å². The molecule has 32 heavy (non-hydrogen) atoms. The summed E-state index contributed by atoms with van der Waals surface area (Å²) in [6.07, 6.45) is -4.07. The van der Waals surface area contributed by atoms with Gasteiger partial charge < -0.3 is 10.2 Å². The summed E-state index contributed by atoms with van der Waals surface area (Å²) in [7, 11) is 0. The van der Waals surface area contributed by atoms with E-state index in [0.29, 0.717) is 37.5 Å². The first-order valence-corrected chi connectivity index (χ1v) is 11.2. The first kappa shape index (κ1) is 22.6. The number of amides is 1. The molecular weight excluding hydrogens is 415 g/mol. The summed E-state index contributed by atoms with van der Waals surface area (Å²) < 4.78 is 39.9. The Bertz CT molecular complexity index is 945. The van der Waals surface area contributed by atoms with Gasteiger partial charge in [-0.25, -0.2) is 0 Å². The van der Waals surface area contributed by atoms with Crippen LogP contribution in [0.3, 0.4) is 0 Å². The maximum Gasteiger partial charge on any atom is 0.416 e. The standard InChI is InChI=1S/C25H30F3N3O/c1-17(2)14-29-24(32)21-13-19-12-20(25(26,27)28)8-9-22(19)31-11-10-30(16-23(21)31)15-18-6-4-3-5-7-18/h3-9,12,17,21,23H,10-11,13-16H2,1-2H3,(H,29,32)/t21-,23+/m0/s1. The molecule has 1 amide bonds. The molecule has 2 aliphatic heterocycles. The maximum absolute atomic E-state index is 13.3. The molecule has 0 unspecified atom stereocenters. The Morgan fingerprint density at radius 2 is 1.88 bits per heavy atom. The van der Waals surface area contributed by atoms with Gasteiger partial charge in [-0.15, -0.1) is 0 Å². The minimum atomic E-state index is -4.39. The largest absolute Gasteiger partial charge is 0.416 e. The number of hydrogen-bond donors (Lipinski definition) is 1. The third-order valence-corrected chi connectivity index (χ3v) is 6.39. The van der Waals surface area contributed by atoms with Crippen LogP contribution < -0.4 is 10.2 Å². The average Bonchev–Trinajstić information content (AvgIpc) is 2.76. The fourth-order valence-electron chi connectivity index (χ4n) is 4.78. The number of hydrogen-bond acceptors (Lipinski definition) is 3. The number of rotatable bonds is 5. The molecule has 2 aromatic carbocycles. The normalized spacial score (nSPS) is 21.2. The zero-order chi connectivity index (χ0) is 22.9. The van der Waals surface area contributed by atoms with Crippen molar-refractivity contribution in [1.82, 2.24) is 10.2 Å². The molecule has 0 radical (unpaired) electrons. The molecule has 7 heteroatoms. The van der Waals surface area contributed by atoms with E-state index in [9.17, 15) is 18.0 Å². The predicted molar refractivity (Wildman–Crippen MR) is 119 cm³/mol. The van der Waals surface area contributed by atoms with Crippen molar-refractivity contribution in [1.29, 1.82) is 0 Å². The number of halogens is 3. The number of fused-ring (bicyclic) bond motifs is 3. The molecule has 1 N–H and O–H groups in total. The Hall–Kier alpha value is -2.54. The molecule has 2 atom stereocenters. The first-order valence-electron chi connectivity index (χ1n) is 11.2. The molecule has 0 saturated carbocycles. The fraction of sp³-hybridized carbons (Fsp3) is 0.480. The van der Waals surface area contributed by atoms with Gasteiger partial charge in [0.05, 0.1) is 17.5 Å². The Labute approximate surface area is 187 Å². The lowest BCUT2D eigenvalue weighted by atomic mass is 9.82. The second-order valence-corrected chi connectivity index (χ2v) is 9.27. The molecule has 172 valence electrons. The Morgan fingerprint density at radius 1 is 1.12 bits per heavy atom. The minimum absolute atomic E-state index is 0.0659. The summed E-state index contributed by atoms with van der Waals surface area (Å²) >= 11 is 0. The molecule has 4 nitrogen and oxygen atoms in total. The second-order valence-electron chi connectivity index (χ2n) is 9.27. The van der Waals surface area contributed by atoms with E-state index in [1.54, 1.807) is 6.07 Å². The van der Waals surface area contributed by atoms with E-state index in [0.717, 1.165) is 24.8 Å². The van der Waals surface area contributed by atoms with Crippen LogP contribution in [-0.4, -0.2) is 43.0 Å². The van der Waals surface area contributed by atoms with Gasteiger partial charge in [0.15, 0.2) is 0 Å². The van der Waals surface area contributed by atoms with E-state index < -0.39 is 11.7 Å². The highest BCUT2D eigenvalue weighted by Crippen LogP contribution is 2.39. The number of piperazine rings is 1. The lowest BCUT2D eigenvalue weighted by Gasteiger charge is -2.49. The highest BCUT2D eigenvalue weighted by atomic mass is 19.4. The number of alkyl halides is 3. The molecule has 1 saturated heterocycles. The summed E-state index contributed by atoms with van der Waals surface area (Å²) in [5, 5.41) is 3.02. The lowest BCUT2D eigenvalue weighted by molar-refractivity contribution is -0.137. The van der Waals surface area contributed by atoms with Crippen molar-refractivity contribution in [2.24, 2.45) is 11.8 Å². The quantitative estimate of drug-likeness (QED) is 0.744. The van der Waals surface area contributed by atoms with E-state index in [1.165, 1.54) is 11.6 Å². The number of carbonyl (C=O) groups is 1. The van der Waals surface area contributed by atoms with Crippen LogP contribution in [0.25, 0.3) is 0 Å². The van der Waals surface area contributed by atoms with Crippen LogP contribution in [-0.2, 0) is 23.9 Å². The molecule has 0 aromatic heterocycles. The SMILES string of the molecule is CC(C)CNC(=O)[C@H]1Cc2cc(C(F)(F)F)ccc2N2CCN(Cc3ccccc3)C[C@H]12. The van der Waals surface area contributed by atoms with Crippen LogP contribution in [0, 0.1) is 11.8 Å². The van der Waals surface area contributed by atoms with Gasteiger partial charge in [0, 0.05) is 38.4 Å². The number of anilines is 1. The van der Waals surface area contributed by atoms with E-state index in [4.69, 9.17) is 0 Å². The summed E-state index contributed by atoms with van der Waals surface area (Å²) in [6.45, 7) is 7.60. The van der Waals surface area contributed by atoms with E-state index in [2.05, 4.69) is 27.2 Å². The Balaban J connectivity index is 1.61. The molecule has 2 heterocycles. The number of nitrogens with one attached hydrogen (secondary N) is 1. The predicted octanol–water partition coefficient (Wildman–Crippen LogP) is 4.34. The summed E-state index contributed by atoms with van der Waals surface area (Å²) in [4.78, 5) is 17.6. The summed E-state index contributed by atoms with van der Waals surface area (Å²) in [5.41, 5.74) is 2.00. The Morgan fingerprint density at radius 3 is 2.56 bits per heavy atom. The van der Waals surface area contributed by atoms with Crippen molar-refractivity contribution in [3.63, 3.8) is 0 Å². The van der Waals surface area contributed by atoms with Gasteiger partial charge in [0.1, 0.15) is 0 Å². The highest BCUT2D eigenvalue weighted by molar-refractivity contribution is 5.82. The summed E-state index contributed by atoms with van der Waals surface area (Å²) in [5.74, 6) is -0.148. The third-order valence-electron chi connectivity index (χ3n) is 6.39. The van der Waals surface area contributed by atoms with Crippen LogP contribution in [0.1, 0.15) is 30.5 Å².